The highest BCUT2D eigenvalue weighted by Gasteiger charge is 2.45. The molecule has 0 saturated carbocycles. The summed E-state index contributed by atoms with van der Waals surface area (Å²) >= 11 is 0. The molecule has 10 aromatic rings. The van der Waals surface area contributed by atoms with Gasteiger partial charge in [-0.15, -0.1) is 0 Å². The fourth-order valence-electron chi connectivity index (χ4n) is 11.5. The van der Waals surface area contributed by atoms with Gasteiger partial charge in [0.25, 0.3) is 0 Å². The van der Waals surface area contributed by atoms with Crippen LogP contribution in [0.15, 0.2) is 176 Å². The minimum absolute atomic E-state index is 0.120. The summed E-state index contributed by atoms with van der Waals surface area (Å²) in [5.74, 6) is 0. The number of hydrogen-bond acceptors (Lipinski definition) is 1. The molecule has 0 bridgehead atoms. The van der Waals surface area contributed by atoms with Gasteiger partial charge in [-0.05, 0) is 149 Å². The molecule has 0 N–H and O–H groups in total. The number of rotatable bonds is 5. The van der Waals surface area contributed by atoms with Crippen LogP contribution in [0.1, 0.15) is 62.8 Å². The van der Waals surface area contributed by atoms with E-state index in [1.54, 1.807) is 0 Å². The quantitative estimate of drug-likeness (QED) is 0.158. The zero-order chi connectivity index (χ0) is 39.6. The highest BCUT2D eigenvalue weighted by Crippen LogP contribution is 2.60. The summed E-state index contributed by atoms with van der Waals surface area (Å²) in [5.41, 5.74) is 14.6. The average Bonchev–Trinajstić information content (AvgIpc) is 3.68. The van der Waals surface area contributed by atoms with Gasteiger partial charge in [0.2, 0.25) is 0 Å². The maximum atomic E-state index is 2.62. The Labute approximate surface area is 346 Å². The van der Waals surface area contributed by atoms with E-state index >= 15 is 0 Å². The van der Waals surface area contributed by atoms with Crippen molar-refractivity contribution in [3.63, 3.8) is 0 Å². The van der Waals surface area contributed by atoms with E-state index in [1.165, 1.54) is 115 Å². The smallest absolute Gasteiger partial charge is 0.0540 e. The molecule has 0 amide bonds. The van der Waals surface area contributed by atoms with E-state index in [-0.39, 0.29) is 10.8 Å². The zero-order valence-corrected chi connectivity index (χ0v) is 34.1. The molecule has 10 aromatic carbocycles. The molecule has 12 rings (SSSR count). The number of fused-ring (bicyclic) bond motifs is 14. The predicted octanol–water partition coefficient (Wildman–Crippen LogP) is 16.3. The van der Waals surface area contributed by atoms with Crippen molar-refractivity contribution < 1.29 is 0 Å². The van der Waals surface area contributed by atoms with Crippen LogP contribution in [0.4, 0.5) is 17.1 Å². The molecule has 0 fully saturated rings. The van der Waals surface area contributed by atoms with Crippen LogP contribution in [-0.2, 0) is 10.8 Å². The average molecular weight is 756 g/mol. The van der Waals surface area contributed by atoms with Crippen molar-refractivity contribution in [1.29, 1.82) is 0 Å². The Balaban J connectivity index is 1.08. The van der Waals surface area contributed by atoms with Gasteiger partial charge in [-0.25, -0.2) is 0 Å². The van der Waals surface area contributed by atoms with Crippen LogP contribution in [0.3, 0.4) is 0 Å². The summed E-state index contributed by atoms with van der Waals surface area (Å²) in [7, 11) is 0. The standard InChI is InChI=1S/C58H45N/c1-5-58(6-2)53-31-38(59(55-27-15-19-36-17-7-9-21-39(36)55)56-28-16-20-37-18-8-10-22-40(37)56)29-30-45(53)49-34-52-50(35-54(49)58)48-32-46-43-25-13-11-23-41(43)42-24-12-14-26-44(42)47(46)33-51(48)57(52,3)4/h7-35H,5-6H2,1-4H3. The second-order valence-electron chi connectivity index (χ2n) is 17.5. The molecule has 59 heavy (non-hydrogen) atoms. The van der Waals surface area contributed by atoms with Crippen molar-refractivity contribution in [3.05, 3.63) is 198 Å². The predicted molar refractivity (Wildman–Crippen MR) is 253 cm³/mol. The lowest BCUT2D eigenvalue weighted by molar-refractivity contribution is 0.490. The van der Waals surface area contributed by atoms with E-state index in [2.05, 4.69) is 209 Å². The minimum atomic E-state index is -0.149. The fourth-order valence-corrected chi connectivity index (χ4v) is 11.5. The van der Waals surface area contributed by atoms with Crippen LogP contribution in [0.25, 0.3) is 76.1 Å². The van der Waals surface area contributed by atoms with Crippen molar-refractivity contribution >= 4 is 70.9 Å². The first kappa shape index (κ1) is 34.4. The Morgan fingerprint density at radius 3 is 1.36 bits per heavy atom. The Bertz CT molecular complexity index is 3310. The number of benzene rings is 10. The monoisotopic (exact) mass is 755 g/mol. The van der Waals surface area contributed by atoms with E-state index in [0.717, 1.165) is 12.8 Å². The number of hydrogen-bond donors (Lipinski definition) is 0. The first-order valence-electron chi connectivity index (χ1n) is 21.4. The lowest BCUT2D eigenvalue weighted by Gasteiger charge is -2.32. The highest BCUT2D eigenvalue weighted by atomic mass is 15.1. The number of anilines is 3. The van der Waals surface area contributed by atoms with Crippen LogP contribution < -0.4 is 4.90 Å². The molecule has 0 saturated heterocycles. The molecule has 1 heteroatoms. The number of nitrogens with zero attached hydrogens (tertiary/aromatic N) is 1. The molecule has 1 nitrogen and oxygen atoms in total. The molecule has 0 aromatic heterocycles. The van der Waals surface area contributed by atoms with Crippen LogP contribution in [0.5, 0.6) is 0 Å². The first-order chi connectivity index (χ1) is 28.9. The summed E-state index contributed by atoms with van der Waals surface area (Å²) < 4.78 is 0. The third-order valence-electron chi connectivity index (χ3n) is 14.5. The zero-order valence-electron chi connectivity index (χ0n) is 34.1. The Morgan fingerprint density at radius 1 is 0.356 bits per heavy atom. The highest BCUT2D eigenvalue weighted by molar-refractivity contribution is 6.26. The largest absolute Gasteiger partial charge is 0.309 e. The van der Waals surface area contributed by atoms with Gasteiger partial charge in [0.15, 0.2) is 0 Å². The second-order valence-corrected chi connectivity index (χ2v) is 17.5. The van der Waals surface area contributed by atoms with Gasteiger partial charge < -0.3 is 4.90 Å². The minimum Gasteiger partial charge on any atom is -0.309 e. The summed E-state index contributed by atoms with van der Waals surface area (Å²) in [6.45, 7) is 9.69. The van der Waals surface area contributed by atoms with E-state index in [9.17, 15) is 0 Å². The molecule has 2 aliphatic rings. The molecule has 282 valence electrons. The Morgan fingerprint density at radius 2 is 0.780 bits per heavy atom. The van der Waals surface area contributed by atoms with Gasteiger partial charge in [0, 0.05) is 27.3 Å². The maximum Gasteiger partial charge on any atom is 0.0540 e. The topological polar surface area (TPSA) is 3.24 Å². The van der Waals surface area contributed by atoms with Crippen molar-refractivity contribution in [2.75, 3.05) is 4.90 Å². The van der Waals surface area contributed by atoms with Crippen LogP contribution in [0, 0.1) is 0 Å². The van der Waals surface area contributed by atoms with Gasteiger partial charge in [-0.2, -0.15) is 0 Å². The molecule has 0 aliphatic heterocycles. The first-order valence-corrected chi connectivity index (χ1v) is 21.4. The molecule has 0 heterocycles. The lowest BCUT2D eigenvalue weighted by atomic mass is 9.73. The molecule has 2 aliphatic carbocycles. The summed E-state index contributed by atoms with van der Waals surface area (Å²) in [6.07, 6.45) is 2.05. The SMILES string of the molecule is CCC1(CC)c2cc(N(c3cccc4ccccc34)c3cccc4ccccc34)ccc2-c2cc3c(cc21)-c1cc2c4ccccc4c4ccccc4c2cc1C3(C)C. The summed E-state index contributed by atoms with van der Waals surface area (Å²) in [4.78, 5) is 2.52. The summed E-state index contributed by atoms with van der Waals surface area (Å²) in [6, 6.07) is 66.6. The third kappa shape index (κ3) is 4.62. The molecular formula is C58H45N. The van der Waals surface area contributed by atoms with Crippen molar-refractivity contribution in [2.45, 2.75) is 51.4 Å². The lowest BCUT2D eigenvalue weighted by Crippen LogP contribution is -2.24. The molecule has 0 spiro atoms. The normalized spacial score (nSPS) is 14.5. The van der Waals surface area contributed by atoms with Crippen molar-refractivity contribution in [3.8, 4) is 22.3 Å². The van der Waals surface area contributed by atoms with Gasteiger partial charge in [-0.1, -0.05) is 155 Å². The van der Waals surface area contributed by atoms with Crippen LogP contribution >= 0.6 is 0 Å². The molecular weight excluding hydrogens is 711 g/mol. The van der Waals surface area contributed by atoms with Crippen molar-refractivity contribution in [2.24, 2.45) is 0 Å². The third-order valence-corrected chi connectivity index (χ3v) is 14.5. The molecule has 0 radical (unpaired) electrons. The van der Waals surface area contributed by atoms with Gasteiger partial charge in [0.1, 0.15) is 0 Å². The van der Waals surface area contributed by atoms with Gasteiger partial charge in [0.05, 0.1) is 11.4 Å². The Kier molecular flexibility index (Phi) is 7.22. The van der Waals surface area contributed by atoms with Gasteiger partial charge in [-0.3, -0.25) is 0 Å². The van der Waals surface area contributed by atoms with E-state index in [1.807, 2.05) is 0 Å². The maximum absolute atomic E-state index is 2.62. The van der Waals surface area contributed by atoms with Crippen molar-refractivity contribution in [1.82, 2.24) is 0 Å². The summed E-state index contributed by atoms with van der Waals surface area (Å²) in [5, 5.41) is 13.0. The second kappa shape index (κ2) is 12.4. The Hall–Kier alpha value is -6.70. The van der Waals surface area contributed by atoms with E-state index < -0.39 is 0 Å². The molecule has 0 atom stereocenters. The van der Waals surface area contributed by atoms with E-state index in [0.29, 0.717) is 0 Å². The van der Waals surface area contributed by atoms with Crippen LogP contribution in [0.2, 0.25) is 0 Å². The van der Waals surface area contributed by atoms with Crippen LogP contribution in [-0.4, -0.2) is 0 Å². The van der Waals surface area contributed by atoms with E-state index in [4.69, 9.17) is 0 Å². The fraction of sp³-hybridized carbons (Fsp3) is 0.138. The molecule has 0 unspecified atom stereocenters. The van der Waals surface area contributed by atoms with Gasteiger partial charge >= 0.3 is 0 Å².